The summed E-state index contributed by atoms with van der Waals surface area (Å²) in [5.74, 6) is 0.759. The van der Waals surface area contributed by atoms with Crippen LogP contribution in [0.1, 0.15) is 12.5 Å². The summed E-state index contributed by atoms with van der Waals surface area (Å²) in [6.07, 6.45) is 1.52. The molecule has 1 aliphatic heterocycles. The lowest BCUT2D eigenvalue weighted by atomic mass is 10.2. The first kappa shape index (κ1) is 14.6. The Hall–Kier alpha value is -2.33. The first-order chi connectivity index (χ1) is 10.5. The molecule has 1 atom stereocenters. The van der Waals surface area contributed by atoms with Crippen LogP contribution in [0.15, 0.2) is 36.5 Å². The Labute approximate surface area is 129 Å². The zero-order valence-corrected chi connectivity index (χ0v) is 13.0. The second-order valence-corrected chi connectivity index (χ2v) is 7.90. The van der Waals surface area contributed by atoms with E-state index >= 15 is 0 Å². The van der Waals surface area contributed by atoms with E-state index in [0.29, 0.717) is 24.5 Å². The summed E-state index contributed by atoms with van der Waals surface area (Å²) in [5.41, 5.74) is 1.30. The number of para-hydroxylation sites is 1. The fourth-order valence-electron chi connectivity index (χ4n) is 2.63. The second kappa shape index (κ2) is 5.46. The van der Waals surface area contributed by atoms with E-state index < -0.39 is 15.1 Å². The van der Waals surface area contributed by atoms with Gasteiger partial charge in [-0.15, -0.1) is 0 Å². The molecule has 1 saturated heterocycles. The van der Waals surface area contributed by atoms with E-state index in [1.165, 1.54) is 6.20 Å². The molecule has 0 unspecified atom stereocenters. The maximum Gasteiger partial charge on any atom is 0.156 e. The van der Waals surface area contributed by atoms with Crippen molar-refractivity contribution >= 4 is 15.7 Å². The van der Waals surface area contributed by atoms with Crippen LogP contribution >= 0.6 is 0 Å². The van der Waals surface area contributed by atoms with E-state index in [1.807, 2.05) is 35.2 Å². The van der Waals surface area contributed by atoms with Crippen LogP contribution in [0, 0.1) is 11.3 Å². The van der Waals surface area contributed by atoms with Crippen LogP contribution in [0.25, 0.3) is 5.69 Å². The predicted octanol–water partition coefficient (Wildman–Crippen LogP) is 1.37. The fraction of sp³-hybridized carbons (Fsp3) is 0.333. The first-order valence-electron chi connectivity index (χ1n) is 7.03. The SMILES string of the molecule is C[C@@H]1CN(c2c(C#N)cnn2-c2ccccc2)CCS1(=O)=O. The fourth-order valence-corrected chi connectivity index (χ4v) is 3.91. The van der Waals surface area contributed by atoms with Crippen molar-refractivity contribution in [2.75, 3.05) is 23.7 Å². The maximum absolute atomic E-state index is 11.9. The van der Waals surface area contributed by atoms with E-state index in [4.69, 9.17) is 0 Å². The number of benzene rings is 1. The quantitative estimate of drug-likeness (QED) is 0.836. The molecule has 2 heterocycles. The van der Waals surface area contributed by atoms with Crippen molar-refractivity contribution < 1.29 is 8.42 Å². The molecule has 1 aromatic carbocycles. The highest BCUT2D eigenvalue weighted by atomic mass is 32.2. The molecule has 1 fully saturated rings. The number of nitriles is 1. The standard InChI is InChI=1S/C15H16N4O2S/c1-12-11-18(7-8-22(12,20)21)15-13(9-16)10-17-19(15)14-5-3-2-4-6-14/h2-6,10,12H,7-8,11H2,1H3/t12-/m1/s1. The summed E-state index contributed by atoms with van der Waals surface area (Å²) in [6, 6.07) is 11.7. The smallest absolute Gasteiger partial charge is 0.156 e. The Morgan fingerprint density at radius 1 is 1.32 bits per heavy atom. The molecule has 22 heavy (non-hydrogen) atoms. The summed E-state index contributed by atoms with van der Waals surface area (Å²) < 4.78 is 25.5. The minimum atomic E-state index is -3.04. The molecule has 0 radical (unpaired) electrons. The second-order valence-electron chi connectivity index (χ2n) is 5.36. The Balaban J connectivity index is 2.04. The number of hydrogen-bond donors (Lipinski definition) is 0. The first-order valence-corrected chi connectivity index (χ1v) is 8.74. The third kappa shape index (κ3) is 2.46. The molecular formula is C15H16N4O2S. The van der Waals surface area contributed by atoms with E-state index in [9.17, 15) is 13.7 Å². The van der Waals surface area contributed by atoms with Gasteiger partial charge < -0.3 is 4.90 Å². The normalized spacial score (nSPS) is 20.5. The van der Waals surface area contributed by atoms with E-state index in [1.54, 1.807) is 11.6 Å². The maximum atomic E-state index is 11.9. The van der Waals surface area contributed by atoms with Crippen LogP contribution in [0.2, 0.25) is 0 Å². The van der Waals surface area contributed by atoms with Crippen molar-refractivity contribution in [2.24, 2.45) is 0 Å². The van der Waals surface area contributed by atoms with Gasteiger partial charge in [0.05, 0.1) is 22.9 Å². The molecule has 7 heteroatoms. The van der Waals surface area contributed by atoms with E-state index in [2.05, 4.69) is 11.2 Å². The monoisotopic (exact) mass is 316 g/mol. The summed E-state index contributed by atoms with van der Waals surface area (Å²) in [7, 11) is -3.04. The van der Waals surface area contributed by atoms with E-state index in [0.717, 1.165) is 5.69 Å². The van der Waals surface area contributed by atoms with Crippen molar-refractivity contribution in [2.45, 2.75) is 12.2 Å². The number of anilines is 1. The molecule has 0 saturated carbocycles. The Bertz CT molecular complexity index is 821. The van der Waals surface area contributed by atoms with Crippen LogP contribution in [0.4, 0.5) is 5.82 Å². The van der Waals surface area contributed by atoms with Gasteiger partial charge in [-0.1, -0.05) is 18.2 Å². The lowest BCUT2D eigenvalue weighted by molar-refractivity contribution is 0.567. The Morgan fingerprint density at radius 2 is 2.05 bits per heavy atom. The van der Waals surface area contributed by atoms with Gasteiger partial charge in [-0.3, -0.25) is 0 Å². The van der Waals surface area contributed by atoms with Crippen molar-refractivity contribution in [3.05, 3.63) is 42.1 Å². The Morgan fingerprint density at radius 3 is 2.68 bits per heavy atom. The lowest BCUT2D eigenvalue weighted by Gasteiger charge is -2.32. The number of sulfone groups is 1. The molecule has 1 aromatic heterocycles. The molecule has 0 aliphatic carbocycles. The van der Waals surface area contributed by atoms with Crippen molar-refractivity contribution in [3.8, 4) is 11.8 Å². The number of aromatic nitrogens is 2. The van der Waals surface area contributed by atoms with Gasteiger partial charge >= 0.3 is 0 Å². The van der Waals surface area contributed by atoms with Gasteiger partial charge in [-0.05, 0) is 19.1 Å². The highest BCUT2D eigenvalue weighted by Crippen LogP contribution is 2.26. The van der Waals surface area contributed by atoms with Gasteiger partial charge in [0.25, 0.3) is 0 Å². The van der Waals surface area contributed by atoms with Crippen molar-refractivity contribution in [1.82, 2.24) is 9.78 Å². The molecule has 0 amide bonds. The van der Waals surface area contributed by atoms with Crippen molar-refractivity contribution in [1.29, 1.82) is 5.26 Å². The average molecular weight is 316 g/mol. The van der Waals surface area contributed by atoms with Crippen LogP contribution in [0.3, 0.4) is 0 Å². The minimum Gasteiger partial charge on any atom is -0.353 e. The van der Waals surface area contributed by atoms with Gasteiger partial charge in [0.1, 0.15) is 17.5 Å². The van der Waals surface area contributed by atoms with Crippen LogP contribution in [0.5, 0.6) is 0 Å². The zero-order valence-electron chi connectivity index (χ0n) is 12.2. The van der Waals surface area contributed by atoms with Crippen LogP contribution in [-0.4, -0.2) is 42.3 Å². The lowest BCUT2D eigenvalue weighted by Crippen LogP contribution is -2.46. The summed E-state index contributed by atoms with van der Waals surface area (Å²) in [6.45, 7) is 2.45. The minimum absolute atomic E-state index is 0.0962. The summed E-state index contributed by atoms with van der Waals surface area (Å²) >= 11 is 0. The summed E-state index contributed by atoms with van der Waals surface area (Å²) in [4.78, 5) is 1.93. The molecular weight excluding hydrogens is 300 g/mol. The largest absolute Gasteiger partial charge is 0.353 e. The molecule has 3 rings (SSSR count). The average Bonchev–Trinajstić information content (AvgIpc) is 2.95. The van der Waals surface area contributed by atoms with Crippen LogP contribution in [-0.2, 0) is 9.84 Å². The topological polar surface area (TPSA) is 79.0 Å². The van der Waals surface area contributed by atoms with Gasteiger partial charge in [0, 0.05) is 13.1 Å². The van der Waals surface area contributed by atoms with Gasteiger partial charge in [-0.25, -0.2) is 13.1 Å². The molecule has 114 valence electrons. The number of hydrogen-bond acceptors (Lipinski definition) is 5. The van der Waals surface area contributed by atoms with Gasteiger partial charge in [-0.2, -0.15) is 10.4 Å². The molecule has 0 spiro atoms. The van der Waals surface area contributed by atoms with Gasteiger partial charge in [0.2, 0.25) is 0 Å². The zero-order chi connectivity index (χ0) is 15.7. The van der Waals surface area contributed by atoms with Crippen LogP contribution < -0.4 is 4.90 Å². The van der Waals surface area contributed by atoms with E-state index in [-0.39, 0.29) is 5.75 Å². The molecule has 1 aliphatic rings. The molecule has 0 bridgehead atoms. The highest BCUT2D eigenvalue weighted by Gasteiger charge is 2.32. The van der Waals surface area contributed by atoms with Crippen molar-refractivity contribution in [3.63, 3.8) is 0 Å². The molecule has 2 aromatic rings. The predicted molar refractivity (Wildman–Crippen MR) is 83.7 cm³/mol. The highest BCUT2D eigenvalue weighted by molar-refractivity contribution is 7.92. The number of nitrogens with zero attached hydrogens (tertiary/aromatic N) is 4. The molecule has 0 N–H and O–H groups in total. The van der Waals surface area contributed by atoms with Gasteiger partial charge in [0.15, 0.2) is 9.84 Å². The molecule has 6 nitrogen and oxygen atoms in total. The third-order valence-corrected chi connectivity index (χ3v) is 6.03. The number of rotatable bonds is 2. The third-order valence-electron chi connectivity index (χ3n) is 3.90. The summed E-state index contributed by atoms with van der Waals surface area (Å²) in [5, 5.41) is 13.2. The Kier molecular flexibility index (Phi) is 3.62.